The van der Waals surface area contributed by atoms with E-state index in [1.165, 1.54) is 13.2 Å². The third kappa shape index (κ3) is 6.42. The zero-order valence-electron chi connectivity index (χ0n) is 17.5. The second-order valence-electron chi connectivity index (χ2n) is 7.09. The van der Waals surface area contributed by atoms with Gasteiger partial charge in [0.1, 0.15) is 17.1 Å². The molecule has 0 aromatic heterocycles. The predicted octanol–water partition coefficient (Wildman–Crippen LogP) is 3.80. The molecule has 6 nitrogen and oxygen atoms in total. The number of nitrogens with one attached hydrogen (secondary N) is 2. The second-order valence-corrected chi connectivity index (χ2v) is 7.09. The Bertz CT molecular complexity index is 898. The Morgan fingerprint density at radius 2 is 2.00 bits per heavy atom. The zero-order chi connectivity index (χ0) is 21.6. The molecule has 2 aromatic carbocycles. The number of fused-ring (bicyclic) bond motifs is 1. The number of aliphatic hydroxyl groups is 1. The van der Waals surface area contributed by atoms with Crippen LogP contribution in [0.5, 0.6) is 11.5 Å². The normalized spacial score (nSPS) is 17.7. The Labute approximate surface area is 198 Å². The van der Waals surface area contributed by atoms with Crippen LogP contribution in [-0.2, 0) is 18.6 Å². The van der Waals surface area contributed by atoms with Gasteiger partial charge in [0, 0.05) is 12.1 Å². The number of guanidine groups is 1. The summed E-state index contributed by atoms with van der Waals surface area (Å²) in [4.78, 5) is 4.48. The molecule has 31 heavy (non-hydrogen) atoms. The molecule has 9 heteroatoms. The van der Waals surface area contributed by atoms with E-state index in [4.69, 9.17) is 4.74 Å². The molecule has 1 unspecified atom stereocenters. The first-order chi connectivity index (χ1) is 14.4. The average Bonchev–Trinajstić information content (AvgIpc) is 3.08. The number of rotatable bonds is 8. The van der Waals surface area contributed by atoms with Crippen LogP contribution in [-0.4, -0.2) is 37.9 Å². The Balaban J connectivity index is 0.00000341. The summed E-state index contributed by atoms with van der Waals surface area (Å²) in [5.41, 5.74) is 1.56. The summed E-state index contributed by atoms with van der Waals surface area (Å²) in [5.74, 6) is 1.05. The molecule has 1 aliphatic rings. The lowest BCUT2D eigenvalue weighted by Gasteiger charge is -2.25. The van der Waals surface area contributed by atoms with Gasteiger partial charge in [0.15, 0.2) is 5.96 Å². The Hall–Kier alpha value is -2.14. The van der Waals surface area contributed by atoms with E-state index >= 15 is 0 Å². The number of benzene rings is 2. The number of aliphatic imine (C=N–C) groups is 1. The number of nitrogens with zero attached hydrogens (tertiary/aromatic N) is 1. The number of aryl methyl sites for hydroxylation is 1. The molecule has 0 spiro atoms. The van der Waals surface area contributed by atoms with Crippen molar-refractivity contribution < 1.29 is 23.4 Å². The molecule has 0 aliphatic heterocycles. The number of ether oxygens (including phenoxy) is 2. The molecule has 170 valence electrons. The minimum atomic E-state index is -2.93. The van der Waals surface area contributed by atoms with Crippen molar-refractivity contribution in [2.24, 2.45) is 4.99 Å². The molecular weight excluding hydrogens is 519 g/mol. The van der Waals surface area contributed by atoms with Crippen LogP contribution in [0.2, 0.25) is 0 Å². The van der Waals surface area contributed by atoms with Crippen LogP contribution in [0, 0.1) is 0 Å². The average molecular weight is 547 g/mol. The summed E-state index contributed by atoms with van der Waals surface area (Å²) in [6.07, 6.45) is 1.45. The van der Waals surface area contributed by atoms with Crippen LogP contribution in [0.25, 0.3) is 0 Å². The number of hydrogen-bond acceptors (Lipinski definition) is 4. The molecule has 1 atom stereocenters. The summed E-state index contributed by atoms with van der Waals surface area (Å²) < 4.78 is 35.2. The van der Waals surface area contributed by atoms with Gasteiger partial charge in [-0.2, -0.15) is 8.78 Å². The quantitative estimate of drug-likeness (QED) is 0.267. The fourth-order valence-corrected chi connectivity index (χ4v) is 3.61. The van der Waals surface area contributed by atoms with Crippen molar-refractivity contribution in [1.82, 2.24) is 10.6 Å². The van der Waals surface area contributed by atoms with E-state index < -0.39 is 12.2 Å². The van der Waals surface area contributed by atoms with Gasteiger partial charge in [0.05, 0.1) is 20.2 Å². The molecule has 3 rings (SSSR count). The first kappa shape index (κ1) is 25.1. The van der Waals surface area contributed by atoms with E-state index in [9.17, 15) is 13.9 Å². The highest BCUT2D eigenvalue weighted by Crippen LogP contribution is 2.36. The first-order valence-electron chi connectivity index (χ1n) is 9.90. The van der Waals surface area contributed by atoms with Crippen molar-refractivity contribution in [2.45, 2.75) is 38.5 Å². The first-order valence-corrected chi connectivity index (χ1v) is 9.90. The molecule has 0 fully saturated rings. The number of halogens is 3. The lowest BCUT2D eigenvalue weighted by atomic mass is 9.96. The van der Waals surface area contributed by atoms with Gasteiger partial charge in [-0.3, -0.25) is 0 Å². The predicted molar refractivity (Wildman–Crippen MR) is 127 cm³/mol. The monoisotopic (exact) mass is 547 g/mol. The van der Waals surface area contributed by atoms with Crippen LogP contribution in [0.15, 0.2) is 47.5 Å². The maximum Gasteiger partial charge on any atom is 0.387 e. The van der Waals surface area contributed by atoms with Gasteiger partial charge < -0.3 is 25.2 Å². The minimum absolute atomic E-state index is 0. The van der Waals surface area contributed by atoms with E-state index in [1.807, 2.05) is 31.2 Å². The third-order valence-electron chi connectivity index (χ3n) is 5.11. The van der Waals surface area contributed by atoms with E-state index in [-0.39, 0.29) is 42.8 Å². The maximum atomic E-state index is 12.7. The van der Waals surface area contributed by atoms with Crippen molar-refractivity contribution >= 4 is 29.9 Å². The topological polar surface area (TPSA) is 75.1 Å². The van der Waals surface area contributed by atoms with E-state index in [0.29, 0.717) is 30.2 Å². The summed E-state index contributed by atoms with van der Waals surface area (Å²) in [5, 5.41) is 17.4. The van der Waals surface area contributed by atoms with Gasteiger partial charge in [0.25, 0.3) is 0 Å². The standard InChI is InChI=1S/C22H27F2N3O3.HI/c1-3-25-21(27-14-22(28)11-10-15-6-4-5-7-18(15)22)26-13-16-12-17(29-2)8-9-19(16)30-20(23)24;/h4-9,12,20,28H,3,10-11,13-14H2,1-2H3,(H2,25,26,27);1H. The number of alkyl halides is 2. The number of hydrogen-bond donors (Lipinski definition) is 3. The molecule has 0 radical (unpaired) electrons. The van der Waals surface area contributed by atoms with Crippen molar-refractivity contribution in [1.29, 1.82) is 0 Å². The van der Waals surface area contributed by atoms with Gasteiger partial charge in [-0.25, -0.2) is 4.99 Å². The van der Waals surface area contributed by atoms with Crippen molar-refractivity contribution in [3.63, 3.8) is 0 Å². The summed E-state index contributed by atoms with van der Waals surface area (Å²) in [7, 11) is 1.50. The molecule has 0 saturated carbocycles. The van der Waals surface area contributed by atoms with E-state index in [2.05, 4.69) is 20.4 Å². The van der Waals surface area contributed by atoms with E-state index in [0.717, 1.165) is 17.5 Å². The van der Waals surface area contributed by atoms with Crippen LogP contribution in [0.1, 0.15) is 30.0 Å². The Morgan fingerprint density at radius 1 is 1.23 bits per heavy atom. The summed E-state index contributed by atoms with van der Waals surface area (Å²) in [6.45, 7) is -0.00510. The lowest BCUT2D eigenvalue weighted by molar-refractivity contribution is -0.0504. The molecule has 1 aliphatic carbocycles. The highest BCUT2D eigenvalue weighted by Gasteiger charge is 2.36. The minimum Gasteiger partial charge on any atom is -0.497 e. The summed E-state index contributed by atoms with van der Waals surface area (Å²) >= 11 is 0. The van der Waals surface area contributed by atoms with Crippen molar-refractivity contribution in [3.8, 4) is 11.5 Å². The van der Waals surface area contributed by atoms with E-state index in [1.54, 1.807) is 12.1 Å². The highest BCUT2D eigenvalue weighted by molar-refractivity contribution is 14.0. The molecule has 2 aromatic rings. The van der Waals surface area contributed by atoms with Crippen LogP contribution in [0.4, 0.5) is 8.78 Å². The van der Waals surface area contributed by atoms with Crippen molar-refractivity contribution in [2.75, 3.05) is 20.2 Å². The largest absolute Gasteiger partial charge is 0.497 e. The Kier molecular flexibility index (Phi) is 9.30. The van der Waals surface area contributed by atoms with Crippen LogP contribution in [0.3, 0.4) is 0 Å². The Morgan fingerprint density at radius 3 is 2.71 bits per heavy atom. The van der Waals surface area contributed by atoms with Crippen LogP contribution < -0.4 is 20.1 Å². The molecule has 0 heterocycles. The van der Waals surface area contributed by atoms with Gasteiger partial charge in [-0.15, -0.1) is 24.0 Å². The zero-order valence-corrected chi connectivity index (χ0v) is 19.9. The molecule has 3 N–H and O–H groups in total. The van der Waals surface area contributed by atoms with Crippen LogP contribution >= 0.6 is 24.0 Å². The van der Waals surface area contributed by atoms with Gasteiger partial charge in [-0.1, -0.05) is 24.3 Å². The highest BCUT2D eigenvalue weighted by atomic mass is 127. The second kappa shape index (κ2) is 11.5. The fourth-order valence-electron chi connectivity index (χ4n) is 3.61. The molecular formula is C22H28F2IN3O3. The molecule has 0 amide bonds. The van der Waals surface area contributed by atoms with Gasteiger partial charge in [-0.05, 0) is 49.1 Å². The SMILES string of the molecule is CCNC(=NCc1cc(OC)ccc1OC(F)F)NCC1(O)CCc2ccccc21.I. The lowest BCUT2D eigenvalue weighted by Crippen LogP contribution is -2.45. The fraction of sp³-hybridized carbons (Fsp3) is 0.409. The van der Waals surface area contributed by atoms with Crippen molar-refractivity contribution in [3.05, 3.63) is 59.2 Å². The smallest absolute Gasteiger partial charge is 0.387 e. The summed E-state index contributed by atoms with van der Waals surface area (Å²) in [6, 6.07) is 12.5. The van der Waals surface area contributed by atoms with Gasteiger partial charge >= 0.3 is 6.61 Å². The third-order valence-corrected chi connectivity index (χ3v) is 5.11. The maximum absolute atomic E-state index is 12.7. The molecule has 0 saturated heterocycles. The molecule has 0 bridgehead atoms. The van der Waals surface area contributed by atoms with Gasteiger partial charge in [0.2, 0.25) is 0 Å². The number of methoxy groups -OCH3 is 1.